The van der Waals surface area contributed by atoms with Gasteiger partial charge in [-0.05, 0) is 49.6 Å². The first kappa shape index (κ1) is 17.7. The van der Waals surface area contributed by atoms with Crippen LogP contribution in [0.5, 0.6) is 5.75 Å². The van der Waals surface area contributed by atoms with Crippen LogP contribution in [0.25, 0.3) is 0 Å². The van der Waals surface area contributed by atoms with E-state index in [2.05, 4.69) is 4.72 Å². The predicted molar refractivity (Wildman–Crippen MR) is 94.0 cm³/mol. The molecule has 2 aromatic carbocycles. The molecule has 0 saturated carbocycles. The minimum Gasteiger partial charge on any atom is -0.505 e. The Hall–Kier alpha value is -1.63. The lowest BCUT2D eigenvalue weighted by molar-refractivity contribution is 0.459. The highest BCUT2D eigenvalue weighted by Gasteiger charge is 2.23. The van der Waals surface area contributed by atoms with Gasteiger partial charge in [-0.25, -0.2) is 8.42 Å². The second-order valence-electron chi connectivity index (χ2n) is 5.26. The number of phenolic OH excluding ortho intramolecular Hbond substituents is 1. The first-order chi connectivity index (χ1) is 10.5. The number of hydrogen-bond acceptors (Lipinski definition) is 4. The number of benzene rings is 2. The molecule has 0 aromatic heterocycles. The third kappa shape index (κ3) is 3.34. The average Bonchev–Trinajstić information content (AvgIpc) is 2.45. The third-order valence-corrected chi connectivity index (χ3v) is 5.42. The third-order valence-electron chi connectivity index (χ3n) is 3.55. The van der Waals surface area contributed by atoms with Crippen molar-refractivity contribution in [3.63, 3.8) is 0 Å². The van der Waals surface area contributed by atoms with Crippen LogP contribution in [-0.2, 0) is 10.0 Å². The van der Waals surface area contributed by atoms with Crippen molar-refractivity contribution in [1.29, 1.82) is 0 Å². The van der Waals surface area contributed by atoms with Crippen LogP contribution in [0.3, 0.4) is 0 Å². The molecule has 4 N–H and O–H groups in total. The van der Waals surface area contributed by atoms with E-state index in [9.17, 15) is 13.5 Å². The zero-order chi connectivity index (χ0) is 17.5. The number of nitrogens with two attached hydrogens (primary N) is 1. The largest absolute Gasteiger partial charge is 0.505 e. The van der Waals surface area contributed by atoms with Gasteiger partial charge in [0.15, 0.2) is 5.75 Å². The summed E-state index contributed by atoms with van der Waals surface area (Å²) in [6.45, 7) is 5.33. The van der Waals surface area contributed by atoms with Gasteiger partial charge in [-0.2, -0.15) is 0 Å². The second-order valence-corrected chi connectivity index (χ2v) is 7.76. The van der Waals surface area contributed by atoms with Crippen molar-refractivity contribution in [1.82, 2.24) is 0 Å². The molecule has 0 saturated heterocycles. The van der Waals surface area contributed by atoms with Crippen LogP contribution in [0, 0.1) is 20.8 Å². The van der Waals surface area contributed by atoms with Gasteiger partial charge in [-0.1, -0.05) is 29.3 Å². The summed E-state index contributed by atoms with van der Waals surface area (Å²) in [7, 11) is -4.09. The number of anilines is 2. The number of nitrogen functional groups attached to an aromatic ring is 1. The van der Waals surface area contributed by atoms with Gasteiger partial charge in [0.1, 0.15) is 4.90 Å². The quantitative estimate of drug-likeness (QED) is 0.707. The molecule has 2 rings (SSSR count). The van der Waals surface area contributed by atoms with Crippen LogP contribution in [0.2, 0.25) is 10.0 Å². The maximum absolute atomic E-state index is 12.6. The smallest absolute Gasteiger partial charge is 0.265 e. The Kier molecular flexibility index (Phi) is 4.71. The highest BCUT2D eigenvalue weighted by molar-refractivity contribution is 7.92. The summed E-state index contributed by atoms with van der Waals surface area (Å²) in [6.07, 6.45) is 0. The highest BCUT2D eigenvalue weighted by atomic mass is 35.5. The Balaban J connectivity index is 2.59. The van der Waals surface area contributed by atoms with Gasteiger partial charge in [-0.3, -0.25) is 4.72 Å². The van der Waals surface area contributed by atoms with Crippen molar-refractivity contribution >= 4 is 44.6 Å². The monoisotopic (exact) mass is 374 g/mol. The summed E-state index contributed by atoms with van der Waals surface area (Å²) < 4.78 is 27.6. The van der Waals surface area contributed by atoms with Gasteiger partial charge in [0.2, 0.25) is 0 Å². The molecule has 0 aliphatic heterocycles. The minimum absolute atomic E-state index is 0.102. The molecule has 0 spiro atoms. The van der Waals surface area contributed by atoms with E-state index in [1.165, 1.54) is 6.07 Å². The fourth-order valence-electron chi connectivity index (χ4n) is 2.29. The minimum atomic E-state index is -4.09. The number of nitrogens with one attached hydrogen (secondary N) is 1. The fourth-order valence-corrected chi connectivity index (χ4v) is 4.25. The molecule has 0 unspecified atom stereocenters. The number of sulfonamides is 1. The van der Waals surface area contributed by atoms with E-state index in [0.29, 0.717) is 22.5 Å². The van der Waals surface area contributed by atoms with Crippen LogP contribution in [0.15, 0.2) is 23.1 Å². The topological polar surface area (TPSA) is 92.4 Å². The number of rotatable bonds is 3. The molecular formula is C15H16Cl2N2O3S. The van der Waals surface area contributed by atoms with Crippen LogP contribution in [0.4, 0.5) is 11.4 Å². The number of aryl methyl sites for hydroxylation is 2. The van der Waals surface area contributed by atoms with Gasteiger partial charge >= 0.3 is 0 Å². The lowest BCUT2D eigenvalue weighted by Gasteiger charge is -2.17. The van der Waals surface area contributed by atoms with Crippen LogP contribution < -0.4 is 10.5 Å². The molecule has 0 aliphatic rings. The predicted octanol–water partition coefficient (Wildman–Crippen LogP) is 4.01. The second kappa shape index (κ2) is 6.11. The molecule has 8 heteroatoms. The Labute approximate surface area is 145 Å². The molecular weight excluding hydrogens is 359 g/mol. The Morgan fingerprint density at radius 3 is 2.30 bits per heavy atom. The van der Waals surface area contributed by atoms with Crippen molar-refractivity contribution in [2.45, 2.75) is 25.7 Å². The zero-order valence-corrected chi connectivity index (χ0v) is 15.1. The van der Waals surface area contributed by atoms with Crippen molar-refractivity contribution in [2.75, 3.05) is 10.5 Å². The standard InChI is InChI=1S/C15H16Cl2N2O3S/c1-7-4-8(2)14(9(3)13(7)18)19-23(21,22)12-6-10(16)5-11(17)15(12)20/h4-6,19-20H,18H2,1-3H3. The molecule has 124 valence electrons. The molecule has 0 heterocycles. The fraction of sp³-hybridized carbons (Fsp3) is 0.200. The van der Waals surface area contributed by atoms with Crippen molar-refractivity contribution < 1.29 is 13.5 Å². The van der Waals surface area contributed by atoms with Gasteiger partial charge in [0.25, 0.3) is 10.0 Å². The molecule has 0 amide bonds. The maximum Gasteiger partial charge on any atom is 0.265 e. The summed E-state index contributed by atoms with van der Waals surface area (Å²) in [4.78, 5) is -0.395. The van der Waals surface area contributed by atoms with Crippen molar-refractivity contribution in [3.05, 3.63) is 44.9 Å². The normalized spacial score (nSPS) is 11.5. The van der Waals surface area contributed by atoms with E-state index < -0.39 is 20.7 Å². The summed E-state index contributed by atoms with van der Waals surface area (Å²) in [5.74, 6) is -0.557. The molecule has 5 nitrogen and oxygen atoms in total. The number of phenols is 1. The van der Waals surface area contributed by atoms with Gasteiger partial charge in [0.05, 0.1) is 10.7 Å². The molecule has 2 aromatic rings. The number of halogens is 2. The van der Waals surface area contributed by atoms with Crippen LogP contribution >= 0.6 is 23.2 Å². The summed E-state index contributed by atoms with van der Waals surface area (Å²) >= 11 is 11.6. The zero-order valence-electron chi connectivity index (χ0n) is 12.7. The number of aromatic hydroxyl groups is 1. The molecule has 0 fully saturated rings. The van der Waals surface area contributed by atoms with E-state index >= 15 is 0 Å². The summed E-state index contributed by atoms with van der Waals surface area (Å²) in [6, 6.07) is 4.18. The SMILES string of the molecule is Cc1cc(C)c(NS(=O)(=O)c2cc(Cl)cc(Cl)c2O)c(C)c1N. The summed E-state index contributed by atoms with van der Waals surface area (Å²) in [5, 5.41) is 9.90. The molecule has 0 atom stereocenters. The number of hydrogen-bond donors (Lipinski definition) is 3. The maximum atomic E-state index is 12.6. The van der Waals surface area contributed by atoms with Crippen molar-refractivity contribution in [2.24, 2.45) is 0 Å². The average molecular weight is 375 g/mol. The molecule has 0 radical (unpaired) electrons. The van der Waals surface area contributed by atoms with Crippen LogP contribution in [0.1, 0.15) is 16.7 Å². The van der Waals surface area contributed by atoms with E-state index in [1.54, 1.807) is 19.9 Å². The van der Waals surface area contributed by atoms with E-state index in [4.69, 9.17) is 28.9 Å². The van der Waals surface area contributed by atoms with Gasteiger partial charge in [0, 0.05) is 10.7 Å². The Morgan fingerprint density at radius 1 is 1.09 bits per heavy atom. The van der Waals surface area contributed by atoms with E-state index in [1.807, 2.05) is 6.92 Å². The molecule has 23 heavy (non-hydrogen) atoms. The Morgan fingerprint density at radius 2 is 1.70 bits per heavy atom. The first-order valence-corrected chi connectivity index (χ1v) is 8.85. The van der Waals surface area contributed by atoms with E-state index in [0.717, 1.165) is 11.6 Å². The molecule has 0 aliphatic carbocycles. The lowest BCUT2D eigenvalue weighted by atomic mass is 10.0. The summed E-state index contributed by atoms with van der Waals surface area (Å²) in [5.41, 5.74) is 9.01. The van der Waals surface area contributed by atoms with E-state index in [-0.39, 0.29) is 10.0 Å². The van der Waals surface area contributed by atoms with Gasteiger partial charge < -0.3 is 10.8 Å². The van der Waals surface area contributed by atoms with Gasteiger partial charge in [-0.15, -0.1) is 0 Å². The molecule has 0 bridgehead atoms. The Bertz CT molecular complexity index is 896. The highest BCUT2D eigenvalue weighted by Crippen LogP contribution is 2.36. The van der Waals surface area contributed by atoms with Crippen LogP contribution in [-0.4, -0.2) is 13.5 Å². The van der Waals surface area contributed by atoms with Crippen molar-refractivity contribution in [3.8, 4) is 5.75 Å². The first-order valence-electron chi connectivity index (χ1n) is 6.61. The lowest BCUT2D eigenvalue weighted by Crippen LogP contribution is -2.16.